The smallest absolute Gasteiger partial charge is 0.389 e. The van der Waals surface area contributed by atoms with E-state index < -0.39 is 12.6 Å². The quantitative estimate of drug-likeness (QED) is 0.622. The Balaban J connectivity index is 1.63. The molecular formula is C20H26F3N3O3S. The molecule has 3 rings (SSSR count). The molecule has 166 valence electrons. The molecule has 1 aromatic carbocycles. The molecule has 1 fully saturated rings. The van der Waals surface area contributed by atoms with Gasteiger partial charge in [-0.25, -0.2) is 0 Å². The topological polar surface area (TPSA) is 58.1 Å². The molecule has 0 atom stereocenters. The van der Waals surface area contributed by atoms with Crippen LogP contribution in [-0.4, -0.2) is 68.1 Å². The Bertz CT molecular complexity index is 836. The van der Waals surface area contributed by atoms with Crippen molar-refractivity contribution in [1.82, 2.24) is 9.88 Å². The largest absolute Gasteiger partial charge is 0.493 e. The van der Waals surface area contributed by atoms with Crippen LogP contribution in [0.15, 0.2) is 18.2 Å². The van der Waals surface area contributed by atoms with E-state index in [2.05, 4.69) is 21.8 Å². The molecule has 2 aromatic rings. The standard InChI is InChI=1S/C20H26F3N3O3S/c1-25-7-9-26(10-8-25)19-24-18(27)17(30-19)13-14-4-5-15(16(12-14)28-2)29-11-3-6-20(21,22)23/h4-5,12,27H,3,6-11,13H2,1-2H3. The van der Waals surface area contributed by atoms with Crippen LogP contribution in [0.3, 0.4) is 0 Å². The van der Waals surface area contributed by atoms with Crippen LogP contribution in [0.2, 0.25) is 0 Å². The Morgan fingerprint density at radius 2 is 1.90 bits per heavy atom. The van der Waals surface area contributed by atoms with Gasteiger partial charge in [0.25, 0.3) is 0 Å². The fraction of sp³-hybridized carbons (Fsp3) is 0.550. The summed E-state index contributed by atoms with van der Waals surface area (Å²) in [5, 5.41) is 11.1. The molecule has 30 heavy (non-hydrogen) atoms. The summed E-state index contributed by atoms with van der Waals surface area (Å²) in [4.78, 5) is 9.50. The molecule has 0 unspecified atom stereocenters. The summed E-state index contributed by atoms with van der Waals surface area (Å²) in [5.41, 5.74) is 0.887. The summed E-state index contributed by atoms with van der Waals surface area (Å²) in [6.07, 6.45) is -4.70. The summed E-state index contributed by atoms with van der Waals surface area (Å²) in [5.74, 6) is 0.873. The van der Waals surface area contributed by atoms with Crippen LogP contribution >= 0.6 is 11.3 Å². The first kappa shape index (κ1) is 22.5. The van der Waals surface area contributed by atoms with Crippen molar-refractivity contribution < 1.29 is 27.8 Å². The monoisotopic (exact) mass is 445 g/mol. The zero-order valence-electron chi connectivity index (χ0n) is 17.0. The minimum atomic E-state index is -4.18. The van der Waals surface area contributed by atoms with Gasteiger partial charge < -0.3 is 24.4 Å². The van der Waals surface area contributed by atoms with E-state index in [1.165, 1.54) is 18.4 Å². The number of nitrogens with zero attached hydrogens (tertiary/aromatic N) is 3. The molecule has 1 aromatic heterocycles. The Hall–Kier alpha value is -2.20. The van der Waals surface area contributed by atoms with Crippen molar-refractivity contribution in [3.63, 3.8) is 0 Å². The first-order valence-electron chi connectivity index (χ1n) is 9.74. The predicted molar refractivity (Wildman–Crippen MR) is 110 cm³/mol. The molecule has 10 heteroatoms. The summed E-state index contributed by atoms with van der Waals surface area (Å²) in [6.45, 7) is 3.61. The Kier molecular flexibility index (Phi) is 7.30. The number of aromatic hydroxyl groups is 1. The second-order valence-electron chi connectivity index (χ2n) is 7.26. The zero-order valence-corrected chi connectivity index (χ0v) is 17.9. The maximum absolute atomic E-state index is 12.2. The first-order valence-corrected chi connectivity index (χ1v) is 10.6. The van der Waals surface area contributed by atoms with Crippen molar-refractivity contribution >= 4 is 16.5 Å². The zero-order chi connectivity index (χ0) is 21.7. The molecular weight excluding hydrogens is 419 g/mol. The fourth-order valence-electron chi connectivity index (χ4n) is 3.16. The number of halogens is 3. The molecule has 1 aliphatic rings. The first-order chi connectivity index (χ1) is 14.2. The lowest BCUT2D eigenvalue weighted by Crippen LogP contribution is -2.44. The number of methoxy groups -OCH3 is 1. The van der Waals surface area contributed by atoms with Gasteiger partial charge in [-0.05, 0) is 31.2 Å². The third-order valence-corrected chi connectivity index (χ3v) is 6.00. The van der Waals surface area contributed by atoms with Crippen LogP contribution < -0.4 is 14.4 Å². The van der Waals surface area contributed by atoms with E-state index in [0.717, 1.165) is 41.8 Å². The molecule has 1 N–H and O–H groups in total. The molecule has 6 nitrogen and oxygen atoms in total. The number of piperazine rings is 1. The van der Waals surface area contributed by atoms with E-state index in [1.807, 2.05) is 6.07 Å². The molecule has 1 aliphatic heterocycles. The number of ether oxygens (including phenoxy) is 2. The minimum Gasteiger partial charge on any atom is -0.493 e. The highest BCUT2D eigenvalue weighted by molar-refractivity contribution is 7.15. The number of benzene rings is 1. The van der Waals surface area contributed by atoms with Gasteiger partial charge in [0.2, 0.25) is 5.88 Å². The lowest BCUT2D eigenvalue weighted by molar-refractivity contribution is -0.136. The highest BCUT2D eigenvalue weighted by Gasteiger charge is 2.26. The van der Waals surface area contributed by atoms with Gasteiger partial charge in [0.15, 0.2) is 16.6 Å². The number of hydrogen-bond donors (Lipinski definition) is 1. The van der Waals surface area contributed by atoms with Gasteiger partial charge in [-0.15, -0.1) is 0 Å². The number of aromatic nitrogens is 1. The van der Waals surface area contributed by atoms with E-state index in [1.54, 1.807) is 12.1 Å². The lowest BCUT2D eigenvalue weighted by Gasteiger charge is -2.31. The third kappa shape index (κ3) is 6.15. The van der Waals surface area contributed by atoms with Crippen molar-refractivity contribution in [3.8, 4) is 17.4 Å². The molecule has 0 spiro atoms. The van der Waals surface area contributed by atoms with Crippen molar-refractivity contribution in [1.29, 1.82) is 0 Å². The average molecular weight is 446 g/mol. The van der Waals surface area contributed by atoms with Gasteiger partial charge in [-0.1, -0.05) is 17.4 Å². The summed E-state index contributed by atoms with van der Waals surface area (Å²) < 4.78 is 47.5. The average Bonchev–Trinajstić information content (AvgIpc) is 3.06. The van der Waals surface area contributed by atoms with Crippen molar-refractivity contribution in [2.24, 2.45) is 0 Å². The molecule has 0 aliphatic carbocycles. The van der Waals surface area contributed by atoms with Crippen LogP contribution in [-0.2, 0) is 6.42 Å². The number of thiazole rings is 1. The normalized spacial score (nSPS) is 15.4. The van der Waals surface area contributed by atoms with Gasteiger partial charge >= 0.3 is 6.18 Å². The van der Waals surface area contributed by atoms with Crippen molar-refractivity contribution in [3.05, 3.63) is 28.6 Å². The van der Waals surface area contributed by atoms with Crippen LogP contribution in [0.5, 0.6) is 17.4 Å². The van der Waals surface area contributed by atoms with E-state index in [9.17, 15) is 18.3 Å². The van der Waals surface area contributed by atoms with Gasteiger partial charge in [-0.3, -0.25) is 0 Å². The van der Waals surface area contributed by atoms with Gasteiger partial charge in [0, 0.05) is 39.0 Å². The van der Waals surface area contributed by atoms with Gasteiger partial charge in [0.05, 0.1) is 18.6 Å². The number of likely N-dealkylation sites (N-methyl/N-ethyl adjacent to an activating group) is 1. The summed E-state index contributed by atoms with van der Waals surface area (Å²) in [6, 6.07) is 5.27. The van der Waals surface area contributed by atoms with Gasteiger partial charge in [0.1, 0.15) is 0 Å². The number of alkyl halides is 3. The van der Waals surface area contributed by atoms with E-state index in [-0.39, 0.29) is 18.9 Å². The van der Waals surface area contributed by atoms with Crippen molar-refractivity contribution in [2.45, 2.75) is 25.4 Å². The molecule has 1 saturated heterocycles. The van der Waals surface area contributed by atoms with Crippen LogP contribution in [0, 0.1) is 0 Å². The van der Waals surface area contributed by atoms with E-state index in [4.69, 9.17) is 9.47 Å². The number of hydrogen-bond acceptors (Lipinski definition) is 7. The highest BCUT2D eigenvalue weighted by atomic mass is 32.1. The van der Waals surface area contributed by atoms with Crippen LogP contribution in [0.1, 0.15) is 23.3 Å². The SMILES string of the molecule is COc1cc(Cc2sc(N3CCN(C)CC3)nc2O)ccc1OCCCC(F)(F)F. The van der Waals surface area contributed by atoms with E-state index >= 15 is 0 Å². The molecule has 0 saturated carbocycles. The summed E-state index contributed by atoms with van der Waals surface area (Å²) in [7, 11) is 3.57. The minimum absolute atomic E-state index is 0.0281. The second kappa shape index (κ2) is 9.74. The number of rotatable bonds is 8. The predicted octanol–water partition coefficient (Wildman–Crippen LogP) is 3.92. The Morgan fingerprint density at radius 3 is 2.57 bits per heavy atom. The molecule has 0 bridgehead atoms. The maximum Gasteiger partial charge on any atom is 0.389 e. The molecule has 2 heterocycles. The Morgan fingerprint density at radius 1 is 1.17 bits per heavy atom. The van der Waals surface area contributed by atoms with E-state index in [0.29, 0.717) is 17.9 Å². The van der Waals surface area contributed by atoms with Crippen LogP contribution in [0.25, 0.3) is 0 Å². The third-order valence-electron chi connectivity index (χ3n) is 4.89. The fourth-order valence-corrected chi connectivity index (χ4v) is 4.20. The van der Waals surface area contributed by atoms with Crippen molar-refractivity contribution in [2.75, 3.05) is 51.8 Å². The molecule has 0 radical (unpaired) electrons. The number of anilines is 1. The summed E-state index contributed by atoms with van der Waals surface area (Å²) >= 11 is 1.47. The Labute approximate surface area is 177 Å². The molecule has 0 amide bonds. The van der Waals surface area contributed by atoms with Crippen LogP contribution in [0.4, 0.5) is 18.3 Å². The maximum atomic E-state index is 12.2. The van der Waals surface area contributed by atoms with Gasteiger partial charge in [-0.2, -0.15) is 18.2 Å². The lowest BCUT2D eigenvalue weighted by atomic mass is 10.1. The second-order valence-corrected chi connectivity index (χ2v) is 8.32. The highest BCUT2D eigenvalue weighted by Crippen LogP contribution is 2.35.